The second-order valence-electron chi connectivity index (χ2n) is 8.13. The highest BCUT2D eigenvalue weighted by atomic mass is 16.5. The number of hydrogen-bond donors (Lipinski definition) is 1. The zero-order valence-electron chi connectivity index (χ0n) is 17.5. The minimum absolute atomic E-state index is 0.0548. The largest absolute Gasteiger partial charge is 0.491 e. The van der Waals surface area contributed by atoms with Gasteiger partial charge in [-0.3, -0.25) is 4.79 Å². The standard InChI is InChI=1S/C24H30N2O3/c1-4-24(18-11-13-19(14-12-18)29-17(2)3)25-22-10-6-5-9-21(22)23(27)26(24)16-20-8-7-15-28-20/h5-6,9-14,17,20,25H,4,7-8,15-16H2,1-3H3. The van der Waals surface area contributed by atoms with E-state index in [0.29, 0.717) is 12.1 Å². The van der Waals surface area contributed by atoms with Crippen molar-refractivity contribution in [3.05, 3.63) is 59.7 Å². The van der Waals surface area contributed by atoms with Crippen molar-refractivity contribution in [1.82, 2.24) is 4.90 Å². The van der Waals surface area contributed by atoms with Crippen LogP contribution in [0.3, 0.4) is 0 Å². The summed E-state index contributed by atoms with van der Waals surface area (Å²) in [5.74, 6) is 0.891. The second-order valence-corrected chi connectivity index (χ2v) is 8.13. The highest BCUT2D eigenvalue weighted by molar-refractivity contribution is 6.02. The van der Waals surface area contributed by atoms with Crippen molar-refractivity contribution >= 4 is 11.6 Å². The zero-order valence-corrected chi connectivity index (χ0v) is 17.5. The molecule has 2 aliphatic heterocycles. The summed E-state index contributed by atoms with van der Waals surface area (Å²) in [6, 6.07) is 15.9. The molecule has 0 bridgehead atoms. The van der Waals surface area contributed by atoms with Crippen LogP contribution >= 0.6 is 0 Å². The van der Waals surface area contributed by atoms with Gasteiger partial charge in [0.05, 0.1) is 17.8 Å². The molecule has 4 rings (SSSR count). The Balaban J connectivity index is 1.75. The summed E-state index contributed by atoms with van der Waals surface area (Å²) in [6.07, 6.45) is 2.99. The third-order valence-electron chi connectivity index (χ3n) is 5.83. The Labute approximate surface area is 173 Å². The Bertz CT molecular complexity index is 859. The fourth-order valence-corrected chi connectivity index (χ4v) is 4.41. The molecule has 0 saturated carbocycles. The molecule has 2 unspecified atom stereocenters. The van der Waals surface area contributed by atoms with Crippen LogP contribution in [-0.4, -0.2) is 36.2 Å². The van der Waals surface area contributed by atoms with E-state index in [1.54, 1.807) is 0 Å². The Morgan fingerprint density at radius 3 is 2.62 bits per heavy atom. The van der Waals surface area contributed by atoms with E-state index in [0.717, 1.165) is 42.9 Å². The molecule has 2 aromatic carbocycles. The summed E-state index contributed by atoms with van der Waals surface area (Å²) in [7, 11) is 0. The molecule has 5 nitrogen and oxygen atoms in total. The van der Waals surface area contributed by atoms with Crippen molar-refractivity contribution in [1.29, 1.82) is 0 Å². The molecule has 2 atom stereocenters. The van der Waals surface area contributed by atoms with Crippen molar-refractivity contribution in [3.63, 3.8) is 0 Å². The molecule has 5 heteroatoms. The number of hydrogen-bond acceptors (Lipinski definition) is 4. The average molecular weight is 395 g/mol. The summed E-state index contributed by atoms with van der Waals surface area (Å²) in [4.78, 5) is 15.5. The van der Waals surface area contributed by atoms with Gasteiger partial charge in [0.15, 0.2) is 0 Å². The molecular formula is C24H30N2O3. The van der Waals surface area contributed by atoms with Gasteiger partial charge in [0, 0.05) is 18.8 Å². The maximum atomic E-state index is 13.6. The van der Waals surface area contributed by atoms with Crippen LogP contribution in [0, 0.1) is 0 Å². The smallest absolute Gasteiger partial charge is 0.258 e. The molecule has 1 fully saturated rings. The maximum Gasteiger partial charge on any atom is 0.258 e. The van der Waals surface area contributed by atoms with Crippen LogP contribution < -0.4 is 10.1 Å². The first-order chi connectivity index (χ1) is 14.0. The third-order valence-corrected chi connectivity index (χ3v) is 5.83. The average Bonchev–Trinajstić information content (AvgIpc) is 3.23. The van der Waals surface area contributed by atoms with E-state index in [9.17, 15) is 4.79 Å². The molecule has 2 aromatic rings. The minimum Gasteiger partial charge on any atom is -0.491 e. The lowest BCUT2D eigenvalue weighted by atomic mass is 9.89. The molecule has 0 radical (unpaired) electrons. The lowest BCUT2D eigenvalue weighted by Gasteiger charge is -2.49. The van der Waals surface area contributed by atoms with Crippen LogP contribution in [0.4, 0.5) is 5.69 Å². The number of benzene rings is 2. The minimum atomic E-state index is -0.617. The summed E-state index contributed by atoms with van der Waals surface area (Å²) in [6.45, 7) is 7.51. The van der Waals surface area contributed by atoms with E-state index in [1.807, 2.05) is 55.1 Å². The van der Waals surface area contributed by atoms with Crippen LogP contribution in [0.2, 0.25) is 0 Å². The van der Waals surface area contributed by atoms with Crippen molar-refractivity contribution in [2.24, 2.45) is 0 Å². The molecule has 1 amide bonds. The van der Waals surface area contributed by atoms with Crippen LogP contribution in [0.25, 0.3) is 0 Å². The van der Waals surface area contributed by atoms with Gasteiger partial charge in [-0.25, -0.2) is 0 Å². The predicted molar refractivity (Wildman–Crippen MR) is 114 cm³/mol. The number of para-hydroxylation sites is 1. The Kier molecular flexibility index (Phi) is 5.50. The van der Waals surface area contributed by atoms with Crippen LogP contribution in [-0.2, 0) is 10.4 Å². The molecule has 0 spiro atoms. The molecule has 29 heavy (non-hydrogen) atoms. The van der Waals surface area contributed by atoms with Gasteiger partial charge >= 0.3 is 0 Å². The van der Waals surface area contributed by atoms with Gasteiger partial charge in [0.2, 0.25) is 0 Å². The summed E-state index contributed by atoms with van der Waals surface area (Å²) >= 11 is 0. The number of ether oxygens (including phenoxy) is 2. The van der Waals surface area contributed by atoms with Gasteiger partial charge in [0.25, 0.3) is 5.91 Å². The Hall–Kier alpha value is -2.53. The first-order valence-electron chi connectivity index (χ1n) is 10.6. The van der Waals surface area contributed by atoms with Gasteiger partial charge in [-0.05, 0) is 62.9 Å². The van der Waals surface area contributed by atoms with Gasteiger partial charge in [-0.2, -0.15) is 0 Å². The highest BCUT2D eigenvalue weighted by Gasteiger charge is 2.45. The third kappa shape index (κ3) is 3.71. The quantitative estimate of drug-likeness (QED) is 0.766. The van der Waals surface area contributed by atoms with Crippen LogP contribution in [0.1, 0.15) is 56.0 Å². The lowest BCUT2D eigenvalue weighted by Crippen LogP contribution is -2.59. The number of fused-ring (bicyclic) bond motifs is 1. The number of rotatable bonds is 6. The van der Waals surface area contributed by atoms with E-state index >= 15 is 0 Å². The van der Waals surface area contributed by atoms with Crippen molar-refractivity contribution in [2.75, 3.05) is 18.5 Å². The topological polar surface area (TPSA) is 50.8 Å². The van der Waals surface area contributed by atoms with E-state index in [2.05, 4.69) is 24.4 Å². The summed E-state index contributed by atoms with van der Waals surface area (Å²) in [5, 5.41) is 3.70. The number of anilines is 1. The van der Waals surface area contributed by atoms with Gasteiger partial charge in [-0.15, -0.1) is 0 Å². The fraction of sp³-hybridized carbons (Fsp3) is 0.458. The monoisotopic (exact) mass is 394 g/mol. The van der Waals surface area contributed by atoms with E-state index in [4.69, 9.17) is 9.47 Å². The van der Waals surface area contributed by atoms with Crippen LogP contribution in [0.5, 0.6) is 5.75 Å². The van der Waals surface area contributed by atoms with Gasteiger partial charge < -0.3 is 19.7 Å². The maximum absolute atomic E-state index is 13.6. The first-order valence-corrected chi connectivity index (χ1v) is 10.6. The second kappa shape index (κ2) is 8.07. The van der Waals surface area contributed by atoms with Crippen molar-refractivity contribution in [2.45, 2.75) is 57.9 Å². The van der Waals surface area contributed by atoms with Gasteiger partial charge in [0.1, 0.15) is 11.4 Å². The Morgan fingerprint density at radius 1 is 1.21 bits per heavy atom. The molecule has 0 aromatic heterocycles. The lowest BCUT2D eigenvalue weighted by molar-refractivity contribution is 0.0187. The number of amides is 1. The SMILES string of the molecule is CCC1(c2ccc(OC(C)C)cc2)Nc2ccccc2C(=O)N1CC1CCCO1. The summed E-state index contributed by atoms with van der Waals surface area (Å²) in [5.41, 5.74) is 2.03. The fourth-order valence-electron chi connectivity index (χ4n) is 4.41. The predicted octanol–water partition coefficient (Wildman–Crippen LogP) is 4.78. The zero-order chi connectivity index (χ0) is 20.4. The van der Waals surface area contributed by atoms with E-state index in [1.165, 1.54) is 0 Å². The molecule has 1 N–H and O–H groups in total. The molecular weight excluding hydrogens is 364 g/mol. The first kappa shape index (κ1) is 19.8. The molecule has 2 heterocycles. The summed E-state index contributed by atoms with van der Waals surface area (Å²) < 4.78 is 11.7. The van der Waals surface area contributed by atoms with E-state index in [-0.39, 0.29) is 18.1 Å². The molecule has 1 saturated heterocycles. The molecule has 154 valence electrons. The van der Waals surface area contributed by atoms with Crippen molar-refractivity contribution < 1.29 is 14.3 Å². The highest BCUT2D eigenvalue weighted by Crippen LogP contribution is 2.41. The number of nitrogens with zero attached hydrogens (tertiary/aromatic N) is 1. The normalized spacial score (nSPS) is 23.8. The number of carbonyl (C=O) groups is 1. The van der Waals surface area contributed by atoms with E-state index < -0.39 is 5.66 Å². The number of carbonyl (C=O) groups excluding carboxylic acids is 1. The van der Waals surface area contributed by atoms with Crippen LogP contribution in [0.15, 0.2) is 48.5 Å². The molecule has 0 aliphatic carbocycles. The molecule has 2 aliphatic rings. The van der Waals surface area contributed by atoms with Gasteiger partial charge in [-0.1, -0.05) is 31.2 Å². The van der Waals surface area contributed by atoms with Crippen molar-refractivity contribution in [3.8, 4) is 5.75 Å². The number of nitrogens with one attached hydrogen (secondary N) is 1. The Morgan fingerprint density at radius 2 is 1.97 bits per heavy atom.